The van der Waals surface area contributed by atoms with Crippen molar-refractivity contribution in [3.8, 4) is 0 Å². The minimum Gasteiger partial charge on any atom is -0.466 e. The monoisotopic (exact) mass is 1160 g/mol. The summed E-state index contributed by atoms with van der Waals surface area (Å²) in [7, 11) is 0. The third kappa shape index (κ3) is 48.6. The summed E-state index contributed by atoms with van der Waals surface area (Å²) in [5.41, 5.74) is 0. The smallest absolute Gasteiger partial charge is 0.305 e. The summed E-state index contributed by atoms with van der Waals surface area (Å²) >= 11 is 0. The summed E-state index contributed by atoms with van der Waals surface area (Å²) in [6.45, 7) is 4.10. The molecule has 0 bridgehead atoms. The van der Waals surface area contributed by atoms with Crippen LogP contribution < -0.4 is 5.32 Å². The lowest BCUT2D eigenvalue weighted by Gasteiger charge is -2.40. The number of hydrogen-bond donors (Lipinski definition) is 6. The lowest BCUT2D eigenvalue weighted by molar-refractivity contribution is -0.302. The highest BCUT2D eigenvalue weighted by molar-refractivity contribution is 5.76. The summed E-state index contributed by atoms with van der Waals surface area (Å²) in [5.74, 6) is -0.197. The SMILES string of the molecule is C/C=C/CC/C=C/CC/C=C/C(O)C(COC1OC(CO)C(O)C(O)C1O)NC(=O)CCCCCCCCCCCCCC/C=C\CCCCCCCCCCCCCCOC(=O)CCCCCCCCC/C=C\CCCCCCCC. The van der Waals surface area contributed by atoms with Crippen molar-refractivity contribution in [2.75, 3.05) is 19.8 Å². The number of rotatable bonds is 60. The zero-order valence-corrected chi connectivity index (χ0v) is 52.9. The van der Waals surface area contributed by atoms with Gasteiger partial charge in [-0.05, 0) is 103 Å². The molecule has 1 amide bonds. The van der Waals surface area contributed by atoms with Crippen molar-refractivity contribution in [2.24, 2.45) is 0 Å². The fraction of sp³-hybridized carbons (Fsp3) is 0.831. The molecule has 0 aromatic heterocycles. The van der Waals surface area contributed by atoms with Gasteiger partial charge in [-0.15, -0.1) is 0 Å². The summed E-state index contributed by atoms with van der Waals surface area (Å²) in [5, 5.41) is 54.2. The Bertz CT molecular complexity index is 1550. The van der Waals surface area contributed by atoms with Crippen molar-refractivity contribution in [2.45, 2.75) is 358 Å². The van der Waals surface area contributed by atoms with Crippen LogP contribution in [0.4, 0.5) is 0 Å². The van der Waals surface area contributed by atoms with Gasteiger partial charge in [0.25, 0.3) is 0 Å². The molecule has 1 fully saturated rings. The molecule has 0 radical (unpaired) electrons. The van der Waals surface area contributed by atoms with Crippen LogP contribution in [-0.2, 0) is 23.8 Å². The Hall–Kier alpha value is -2.64. The molecule has 0 aliphatic carbocycles. The van der Waals surface area contributed by atoms with E-state index in [9.17, 15) is 35.1 Å². The molecule has 0 spiro atoms. The number of aliphatic hydroxyl groups excluding tert-OH is 5. The molecule has 82 heavy (non-hydrogen) atoms. The van der Waals surface area contributed by atoms with E-state index in [-0.39, 0.29) is 18.5 Å². The predicted molar refractivity (Wildman–Crippen MR) is 343 cm³/mol. The van der Waals surface area contributed by atoms with Crippen molar-refractivity contribution in [3.63, 3.8) is 0 Å². The van der Waals surface area contributed by atoms with Crippen LogP contribution in [0.15, 0.2) is 60.8 Å². The van der Waals surface area contributed by atoms with Gasteiger partial charge in [0, 0.05) is 12.8 Å². The Morgan fingerprint density at radius 1 is 0.463 bits per heavy atom. The summed E-state index contributed by atoms with van der Waals surface area (Å²) in [6.07, 6.45) is 69.6. The van der Waals surface area contributed by atoms with Crippen LogP contribution in [0.5, 0.6) is 0 Å². The first kappa shape index (κ1) is 77.4. The Morgan fingerprint density at radius 3 is 1.28 bits per heavy atom. The molecule has 7 atom stereocenters. The number of esters is 1. The van der Waals surface area contributed by atoms with E-state index in [1.807, 2.05) is 19.1 Å². The lowest BCUT2D eigenvalue weighted by Crippen LogP contribution is -2.60. The van der Waals surface area contributed by atoms with E-state index in [1.165, 1.54) is 225 Å². The predicted octanol–water partition coefficient (Wildman–Crippen LogP) is 17.3. The molecule has 1 heterocycles. The fourth-order valence-corrected chi connectivity index (χ4v) is 10.7. The molecule has 11 heteroatoms. The van der Waals surface area contributed by atoms with Crippen molar-refractivity contribution >= 4 is 11.9 Å². The molecule has 0 aromatic carbocycles. The Labute approximate surface area is 503 Å². The zero-order valence-electron chi connectivity index (χ0n) is 52.9. The number of hydrogen-bond acceptors (Lipinski definition) is 10. The van der Waals surface area contributed by atoms with Crippen LogP contribution in [-0.4, -0.2) is 100 Å². The van der Waals surface area contributed by atoms with Gasteiger partial charge < -0.3 is 45.1 Å². The van der Waals surface area contributed by atoms with Crippen molar-refractivity contribution < 1.29 is 49.3 Å². The molecule has 1 rings (SSSR count). The summed E-state index contributed by atoms with van der Waals surface area (Å²) in [6, 6.07) is -0.834. The average molecular weight is 1160 g/mol. The van der Waals surface area contributed by atoms with Gasteiger partial charge in [0.05, 0.1) is 32.0 Å². The van der Waals surface area contributed by atoms with Crippen molar-refractivity contribution in [1.82, 2.24) is 5.32 Å². The molecule has 1 saturated heterocycles. The standard InChI is InChI=1S/C71H129NO10/c1-3-5-7-9-11-13-14-15-16-29-33-36-39-43-47-51-55-59-67(76)80-60-56-52-48-44-40-37-34-31-28-26-24-22-20-18-17-19-21-23-25-27-30-32-35-38-42-46-50-54-58-66(75)72-63(64(74)57-53-49-45-41-12-10-8-6-4-2)62-81-71-70(79)69(78)68(77)65(61-73)82-71/h4,6,12,15-18,41,53,57,63-65,68-71,73-74,77-79H,3,5,7-11,13-14,19-40,42-52,54-56,58-62H2,1-2H3,(H,72,75)/b6-4+,16-15-,18-17-,41-12+,57-53+. The number of unbranched alkanes of at least 4 members (excludes halogenated alkanes) is 39. The third-order valence-corrected chi connectivity index (χ3v) is 16.1. The molecule has 0 saturated carbocycles. The van der Waals surface area contributed by atoms with Gasteiger partial charge in [-0.25, -0.2) is 0 Å². The van der Waals surface area contributed by atoms with E-state index in [0.29, 0.717) is 19.4 Å². The summed E-state index contributed by atoms with van der Waals surface area (Å²) in [4.78, 5) is 25.1. The van der Waals surface area contributed by atoms with E-state index in [1.54, 1.807) is 6.08 Å². The molecule has 1 aliphatic heterocycles. The molecular weight excluding hydrogens is 1030 g/mol. The largest absolute Gasteiger partial charge is 0.466 e. The highest BCUT2D eigenvalue weighted by Gasteiger charge is 2.44. The van der Waals surface area contributed by atoms with Gasteiger partial charge >= 0.3 is 5.97 Å². The molecular formula is C71H129NO10. The maximum atomic E-state index is 13.0. The quantitative estimate of drug-likeness (QED) is 0.0195. The molecule has 7 unspecified atom stereocenters. The first-order valence-corrected chi connectivity index (χ1v) is 34.5. The van der Waals surface area contributed by atoms with E-state index < -0.39 is 49.5 Å². The van der Waals surface area contributed by atoms with Gasteiger partial charge in [0.15, 0.2) is 6.29 Å². The average Bonchev–Trinajstić information content (AvgIpc) is 3.47. The Kier molecular flexibility index (Phi) is 56.7. The normalized spacial score (nSPS) is 18.5. The number of nitrogens with one attached hydrogen (secondary N) is 1. The first-order chi connectivity index (χ1) is 40.2. The van der Waals surface area contributed by atoms with Crippen LogP contribution >= 0.6 is 0 Å². The number of amides is 1. The maximum Gasteiger partial charge on any atom is 0.305 e. The van der Waals surface area contributed by atoms with Crippen LogP contribution in [0.25, 0.3) is 0 Å². The maximum absolute atomic E-state index is 13.0. The Morgan fingerprint density at radius 2 is 0.841 bits per heavy atom. The van der Waals surface area contributed by atoms with Crippen LogP contribution in [0.3, 0.4) is 0 Å². The number of allylic oxidation sites excluding steroid dienone is 9. The molecule has 11 nitrogen and oxygen atoms in total. The van der Waals surface area contributed by atoms with Gasteiger partial charge in [0.2, 0.25) is 5.91 Å². The van der Waals surface area contributed by atoms with Gasteiger partial charge in [0.1, 0.15) is 24.4 Å². The summed E-state index contributed by atoms with van der Waals surface area (Å²) < 4.78 is 16.7. The van der Waals surface area contributed by atoms with Crippen LogP contribution in [0.1, 0.15) is 316 Å². The second kappa shape index (κ2) is 60.1. The second-order valence-electron chi connectivity index (χ2n) is 23.9. The van der Waals surface area contributed by atoms with Crippen LogP contribution in [0, 0.1) is 0 Å². The number of aliphatic hydroxyl groups is 5. The molecule has 0 aromatic rings. The first-order valence-electron chi connectivity index (χ1n) is 34.5. The van der Waals surface area contributed by atoms with Gasteiger partial charge in [-0.1, -0.05) is 260 Å². The fourth-order valence-electron chi connectivity index (χ4n) is 10.7. The van der Waals surface area contributed by atoms with Gasteiger partial charge in [-0.2, -0.15) is 0 Å². The minimum atomic E-state index is -1.58. The minimum absolute atomic E-state index is 0.00256. The van der Waals surface area contributed by atoms with E-state index >= 15 is 0 Å². The van der Waals surface area contributed by atoms with E-state index in [0.717, 1.165) is 64.2 Å². The number of carbonyl (C=O) groups excluding carboxylic acids is 2. The highest BCUT2D eigenvalue weighted by atomic mass is 16.7. The molecule has 478 valence electrons. The van der Waals surface area contributed by atoms with E-state index in [4.69, 9.17) is 14.2 Å². The van der Waals surface area contributed by atoms with Crippen molar-refractivity contribution in [3.05, 3.63) is 60.8 Å². The van der Waals surface area contributed by atoms with Gasteiger partial charge in [-0.3, -0.25) is 9.59 Å². The Balaban J connectivity index is 1.92. The lowest BCUT2D eigenvalue weighted by atomic mass is 9.99. The third-order valence-electron chi connectivity index (χ3n) is 16.1. The molecule has 1 aliphatic rings. The number of ether oxygens (including phenoxy) is 3. The van der Waals surface area contributed by atoms with Crippen LogP contribution in [0.2, 0.25) is 0 Å². The van der Waals surface area contributed by atoms with E-state index in [2.05, 4.69) is 54.8 Å². The van der Waals surface area contributed by atoms with Crippen molar-refractivity contribution in [1.29, 1.82) is 0 Å². The number of carbonyl (C=O) groups is 2. The second-order valence-corrected chi connectivity index (χ2v) is 23.9. The highest BCUT2D eigenvalue weighted by Crippen LogP contribution is 2.23. The topological polar surface area (TPSA) is 175 Å². The zero-order chi connectivity index (χ0) is 59.5. The molecule has 6 N–H and O–H groups in total.